The minimum Gasteiger partial charge on any atom is -0.304 e. The van der Waals surface area contributed by atoms with E-state index in [1.54, 1.807) is 23.9 Å². The van der Waals surface area contributed by atoms with Crippen LogP contribution in [0.15, 0.2) is 27.9 Å². The summed E-state index contributed by atoms with van der Waals surface area (Å²) >= 11 is 0. The van der Waals surface area contributed by atoms with Crippen LogP contribution in [0.25, 0.3) is 11.2 Å². The summed E-state index contributed by atoms with van der Waals surface area (Å²) in [5.41, 5.74) is 0.490. The molecule has 0 N–H and O–H groups in total. The first-order valence-corrected chi connectivity index (χ1v) is 8.12. The fourth-order valence-corrected chi connectivity index (χ4v) is 3.42. The van der Waals surface area contributed by atoms with E-state index in [1.165, 1.54) is 4.57 Å². The highest BCUT2D eigenvalue weighted by atomic mass is 16.2. The summed E-state index contributed by atoms with van der Waals surface area (Å²) in [5.74, 6) is 0. The van der Waals surface area contributed by atoms with Crippen LogP contribution in [0, 0.1) is 0 Å². The van der Waals surface area contributed by atoms with Crippen LogP contribution in [0.1, 0.15) is 39.7 Å². The van der Waals surface area contributed by atoms with Crippen LogP contribution in [-0.4, -0.2) is 37.6 Å². The molecule has 2 aromatic rings. The Bertz CT molecular complexity index is 836. The average molecular weight is 316 g/mol. The Morgan fingerprint density at radius 3 is 2.39 bits per heavy atom. The van der Waals surface area contributed by atoms with Gasteiger partial charge in [-0.1, -0.05) is 0 Å². The van der Waals surface area contributed by atoms with Gasteiger partial charge >= 0.3 is 11.1 Å². The minimum absolute atomic E-state index is 0.0346. The molecule has 0 amide bonds. The smallest absolute Gasteiger partial charge is 0.304 e. The molecule has 1 aliphatic rings. The fourth-order valence-electron chi connectivity index (χ4n) is 3.42. The maximum absolute atomic E-state index is 12.6. The van der Waals surface area contributed by atoms with E-state index in [0.29, 0.717) is 11.2 Å². The topological polar surface area (TPSA) is 60.1 Å². The number of piperidine rings is 1. The number of pyridine rings is 1. The van der Waals surface area contributed by atoms with E-state index in [4.69, 9.17) is 0 Å². The third-order valence-corrected chi connectivity index (χ3v) is 4.84. The zero-order valence-corrected chi connectivity index (χ0v) is 14.2. The average Bonchev–Trinajstić information content (AvgIpc) is 2.53. The molecular weight excluding hydrogens is 292 g/mol. The molecular formula is C17H24N4O2. The van der Waals surface area contributed by atoms with Gasteiger partial charge in [0.2, 0.25) is 0 Å². The molecule has 0 radical (unpaired) electrons. The van der Waals surface area contributed by atoms with Gasteiger partial charge in [-0.3, -0.25) is 19.1 Å². The quantitative estimate of drug-likeness (QED) is 0.749. The molecule has 0 aliphatic carbocycles. The van der Waals surface area contributed by atoms with Crippen molar-refractivity contribution < 1.29 is 0 Å². The third-order valence-electron chi connectivity index (χ3n) is 4.84. The molecule has 1 aliphatic heterocycles. The predicted molar refractivity (Wildman–Crippen MR) is 90.8 cm³/mol. The van der Waals surface area contributed by atoms with E-state index in [-0.39, 0.29) is 11.6 Å². The van der Waals surface area contributed by atoms with Crippen molar-refractivity contribution in [2.75, 3.05) is 13.1 Å². The Balaban J connectivity index is 2.05. The largest absolute Gasteiger partial charge is 0.318 e. The van der Waals surface area contributed by atoms with Gasteiger partial charge in [-0.2, -0.15) is 0 Å². The molecule has 23 heavy (non-hydrogen) atoms. The van der Waals surface area contributed by atoms with Crippen LogP contribution >= 0.6 is 0 Å². The van der Waals surface area contributed by atoms with Crippen LogP contribution in [0.4, 0.5) is 0 Å². The molecule has 0 bridgehead atoms. The molecule has 0 spiro atoms. The van der Waals surface area contributed by atoms with Crippen molar-refractivity contribution in [3.8, 4) is 0 Å². The first-order valence-electron chi connectivity index (χ1n) is 8.12. The van der Waals surface area contributed by atoms with E-state index in [9.17, 15) is 9.59 Å². The summed E-state index contributed by atoms with van der Waals surface area (Å²) in [6, 6.07) is 3.66. The Kier molecular flexibility index (Phi) is 3.88. The van der Waals surface area contributed by atoms with E-state index in [2.05, 4.69) is 30.7 Å². The lowest BCUT2D eigenvalue weighted by Crippen LogP contribution is -2.49. The van der Waals surface area contributed by atoms with Crippen LogP contribution in [0.3, 0.4) is 0 Å². The molecule has 1 fully saturated rings. The SMILES string of the molecule is Cn1c(=O)c(=O)n(C2CCN(C(C)(C)C)CC2)c2ncccc21. The number of likely N-dealkylation sites (tertiary alicyclic amines) is 1. The first-order chi connectivity index (χ1) is 10.8. The van der Waals surface area contributed by atoms with Gasteiger partial charge in [0.05, 0.1) is 5.52 Å². The Morgan fingerprint density at radius 2 is 1.78 bits per heavy atom. The molecule has 2 aromatic heterocycles. The number of nitrogens with zero attached hydrogens (tertiary/aromatic N) is 4. The van der Waals surface area contributed by atoms with Gasteiger partial charge in [0.25, 0.3) is 0 Å². The van der Waals surface area contributed by atoms with E-state index >= 15 is 0 Å². The summed E-state index contributed by atoms with van der Waals surface area (Å²) in [4.78, 5) is 31.6. The standard InChI is InChI=1S/C17H24N4O2/c1-17(2,3)20-10-7-12(8-11-20)21-14-13(6-5-9-18-14)19(4)15(22)16(21)23/h5-6,9,12H,7-8,10-11H2,1-4H3. The van der Waals surface area contributed by atoms with Crippen molar-refractivity contribution in [3.63, 3.8) is 0 Å². The predicted octanol–water partition coefficient (Wildman–Crippen LogP) is 1.53. The van der Waals surface area contributed by atoms with Gasteiger partial charge in [0.15, 0.2) is 5.65 Å². The highest BCUT2D eigenvalue weighted by Gasteiger charge is 2.29. The lowest BCUT2D eigenvalue weighted by Gasteiger charge is -2.41. The van der Waals surface area contributed by atoms with Gasteiger partial charge < -0.3 is 4.57 Å². The fraction of sp³-hybridized carbons (Fsp3) is 0.588. The van der Waals surface area contributed by atoms with Gasteiger partial charge in [0.1, 0.15) is 0 Å². The van der Waals surface area contributed by atoms with E-state index in [1.807, 2.05) is 6.07 Å². The van der Waals surface area contributed by atoms with Crippen molar-refractivity contribution in [1.82, 2.24) is 19.0 Å². The lowest BCUT2D eigenvalue weighted by molar-refractivity contribution is 0.0897. The van der Waals surface area contributed by atoms with Crippen molar-refractivity contribution in [1.29, 1.82) is 0 Å². The third kappa shape index (κ3) is 2.72. The molecule has 0 atom stereocenters. The zero-order chi connectivity index (χ0) is 16.8. The number of aromatic nitrogens is 3. The van der Waals surface area contributed by atoms with Crippen LogP contribution in [0.5, 0.6) is 0 Å². The second-order valence-electron chi connectivity index (χ2n) is 7.27. The molecule has 6 nitrogen and oxygen atoms in total. The number of fused-ring (bicyclic) bond motifs is 1. The van der Waals surface area contributed by atoms with Crippen LogP contribution in [0.2, 0.25) is 0 Å². The monoisotopic (exact) mass is 316 g/mol. The summed E-state index contributed by atoms with van der Waals surface area (Å²) < 4.78 is 3.02. The summed E-state index contributed by atoms with van der Waals surface area (Å²) in [7, 11) is 1.63. The number of rotatable bonds is 1. The second-order valence-corrected chi connectivity index (χ2v) is 7.27. The molecule has 0 unspecified atom stereocenters. The maximum Gasteiger partial charge on any atom is 0.318 e. The molecule has 3 heterocycles. The van der Waals surface area contributed by atoms with Gasteiger partial charge in [-0.05, 0) is 45.7 Å². The molecule has 3 rings (SSSR count). The van der Waals surface area contributed by atoms with Gasteiger partial charge in [-0.15, -0.1) is 0 Å². The summed E-state index contributed by atoms with van der Waals surface area (Å²) in [6.45, 7) is 8.45. The number of aryl methyl sites for hydroxylation is 1. The van der Waals surface area contributed by atoms with E-state index in [0.717, 1.165) is 25.9 Å². The van der Waals surface area contributed by atoms with Crippen molar-refractivity contribution in [2.45, 2.75) is 45.2 Å². The minimum atomic E-state index is -0.483. The second kappa shape index (κ2) is 5.60. The molecule has 0 aromatic carbocycles. The lowest BCUT2D eigenvalue weighted by atomic mass is 9.98. The Hall–Kier alpha value is -1.95. The van der Waals surface area contributed by atoms with Gasteiger partial charge in [-0.25, -0.2) is 4.98 Å². The maximum atomic E-state index is 12.6. The molecule has 124 valence electrons. The van der Waals surface area contributed by atoms with Gasteiger partial charge in [0, 0.05) is 37.9 Å². The zero-order valence-electron chi connectivity index (χ0n) is 14.2. The van der Waals surface area contributed by atoms with Crippen molar-refractivity contribution in [2.24, 2.45) is 7.05 Å². The van der Waals surface area contributed by atoms with Crippen LogP contribution in [-0.2, 0) is 7.05 Å². The Morgan fingerprint density at radius 1 is 1.13 bits per heavy atom. The summed E-state index contributed by atoms with van der Waals surface area (Å²) in [6.07, 6.45) is 3.39. The van der Waals surface area contributed by atoms with Crippen molar-refractivity contribution >= 4 is 11.2 Å². The molecule has 0 saturated carbocycles. The number of hydrogen-bond donors (Lipinski definition) is 0. The first kappa shape index (κ1) is 15.9. The van der Waals surface area contributed by atoms with Crippen LogP contribution < -0.4 is 11.1 Å². The number of hydrogen-bond acceptors (Lipinski definition) is 4. The van der Waals surface area contributed by atoms with Crippen molar-refractivity contribution in [3.05, 3.63) is 39.0 Å². The molecule has 1 saturated heterocycles. The highest BCUT2D eigenvalue weighted by Crippen LogP contribution is 2.27. The highest BCUT2D eigenvalue weighted by molar-refractivity contribution is 5.70. The summed E-state index contributed by atoms with van der Waals surface area (Å²) in [5, 5.41) is 0. The molecule has 6 heteroatoms. The normalized spacial score (nSPS) is 17.7. The van der Waals surface area contributed by atoms with E-state index < -0.39 is 11.1 Å². The Labute approximate surface area is 135 Å².